The molecule has 5 heteroatoms. The molecule has 132 valence electrons. The van der Waals surface area contributed by atoms with Gasteiger partial charge in [-0.25, -0.2) is 4.98 Å². The summed E-state index contributed by atoms with van der Waals surface area (Å²) < 4.78 is 0. The van der Waals surface area contributed by atoms with Gasteiger partial charge in [-0.15, -0.1) is 0 Å². The lowest BCUT2D eigenvalue weighted by molar-refractivity contribution is -0.147. The molecule has 1 aliphatic carbocycles. The third-order valence-corrected chi connectivity index (χ3v) is 4.45. The van der Waals surface area contributed by atoms with E-state index in [1.165, 1.54) is 0 Å². The highest BCUT2D eigenvalue weighted by Crippen LogP contribution is 2.43. The van der Waals surface area contributed by atoms with Crippen LogP contribution in [0, 0.1) is 6.92 Å². The van der Waals surface area contributed by atoms with Gasteiger partial charge >= 0.3 is 5.97 Å². The number of rotatable bonds is 4. The summed E-state index contributed by atoms with van der Waals surface area (Å²) in [7, 11) is 0. The van der Waals surface area contributed by atoms with Crippen LogP contribution in [0.3, 0.4) is 0 Å². The Hall–Kier alpha value is -2.69. The standard InChI is InChI=1S/C18H18N2O3.C2H6/c1-12-4-2-5-13(10-12)16(21)20-15-7-6-14(11-19-15)18(17(22)23)8-3-9-18;1-2/h2,4-7,10-11H,3,8-9H2,1H3,(H,22,23)(H,19,20,21);1-2H3. The molecule has 5 nitrogen and oxygen atoms in total. The number of hydrogen-bond acceptors (Lipinski definition) is 3. The van der Waals surface area contributed by atoms with Gasteiger partial charge in [-0.1, -0.05) is 44.0 Å². The predicted octanol–water partition coefficient (Wildman–Crippen LogP) is 4.17. The lowest BCUT2D eigenvalue weighted by Gasteiger charge is -2.37. The normalized spacial score (nSPS) is 14.5. The molecule has 0 atom stereocenters. The Morgan fingerprint density at radius 2 is 1.88 bits per heavy atom. The summed E-state index contributed by atoms with van der Waals surface area (Å²) in [5.74, 6) is -0.618. The quantitative estimate of drug-likeness (QED) is 0.875. The minimum atomic E-state index is -0.804. The topological polar surface area (TPSA) is 79.3 Å². The van der Waals surface area contributed by atoms with Gasteiger partial charge in [0.2, 0.25) is 0 Å². The molecule has 1 aliphatic rings. The van der Waals surface area contributed by atoms with Crippen molar-refractivity contribution in [1.82, 2.24) is 4.98 Å². The first-order chi connectivity index (χ1) is 12.0. The summed E-state index contributed by atoms with van der Waals surface area (Å²) in [6.45, 7) is 5.92. The molecule has 1 amide bonds. The number of nitrogens with one attached hydrogen (secondary N) is 1. The zero-order chi connectivity index (χ0) is 18.4. The molecular formula is C20H24N2O3. The molecule has 25 heavy (non-hydrogen) atoms. The zero-order valence-electron chi connectivity index (χ0n) is 14.9. The number of nitrogens with zero attached hydrogens (tertiary/aromatic N) is 1. The fraction of sp³-hybridized carbons (Fsp3) is 0.350. The van der Waals surface area contributed by atoms with Crippen LogP contribution >= 0.6 is 0 Å². The van der Waals surface area contributed by atoms with Crippen LogP contribution in [0.25, 0.3) is 0 Å². The molecule has 0 unspecified atom stereocenters. The Kier molecular flexibility index (Phi) is 5.91. The lowest BCUT2D eigenvalue weighted by Crippen LogP contribution is -2.42. The smallest absolute Gasteiger partial charge is 0.314 e. The Morgan fingerprint density at radius 3 is 2.36 bits per heavy atom. The van der Waals surface area contributed by atoms with E-state index in [9.17, 15) is 14.7 Å². The number of benzene rings is 1. The molecule has 0 spiro atoms. The van der Waals surface area contributed by atoms with E-state index in [0.717, 1.165) is 12.0 Å². The molecular weight excluding hydrogens is 316 g/mol. The largest absolute Gasteiger partial charge is 0.481 e. The number of aromatic nitrogens is 1. The molecule has 1 heterocycles. The van der Waals surface area contributed by atoms with Crippen LogP contribution in [-0.4, -0.2) is 22.0 Å². The molecule has 1 aromatic heterocycles. The van der Waals surface area contributed by atoms with Crippen LogP contribution in [0.1, 0.15) is 54.6 Å². The Morgan fingerprint density at radius 1 is 1.16 bits per heavy atom. The maximum absolute atomic E-state index is 12.2. The Labute approximate surface area is 148 Å². The zero-order valence-corrected chi connectivity index (χ0v) is 14.9. The van der Waals surface area contributed by atoms with Gasteiger partial charge in [0.05, 0.1) is 5.41 Å². The minimum absolute atomic E-state index is 0.231. The van der Waals surface area contributed by atoms with Crippen LogP contribution < -0.4 is 5.32 Å². The fourth-order valence-corrected chi connectivity index (χ4v) is 2.88. The van der Waals surface area contributed by atoms with Crippen molar-refractivity contribution in [2.75, 3.05) is 5.32 Å². The molecule has 1 saturated carbocycles. The highest BCUT2D eigenvalue weighted by Gasteiger charge is 2.46. The summed E-state index contributed by atoms with van der Waals surface area (Å²) in [5.41, 5.74) is 1.47. The number of amides is 1. The van der Waals surface area contributed by atoms with Crippen LogP contribution in [0.15, 0.2) is 42.6 Å². The van der Waals surface area contributed by atoms with Gasteiger partial charge in [0.15, 0.2) is 0 Å². The number of hydrogen-bond donors (Lipinski definition) is 2. The second kappa shape index (κ2) is 7.92. The first-order valence-electron chi connectivity index (χ1n) is 8.59. The van der Waals surface area contributed by atoms with E-state index in [1.807, 2.05) is 32.9 Å². The minimum Gasteiger partial charge on any atom is -0.481 e. The fourth-order valence-electron chi connectivity index (χ4n) is 2.88. The summed E-state index contributed by atoms with van der Waals surface area (Å²) in [5, 5.41) is 12.2. The van der Waals surface area contributed by atoms with Gasteiger partial charge in [-0.2, -0.15) is 0 Å². The predicted molar refractivity (Wildman–Crippen MR) is 97.9 cm³/mol. The van der Waals surface area contributed by atoms with Crippen LogP contribution in [-0.2, 0) is 10.2 Å². The number of pyridine rings is 1. The number of anilines is 1. The molecule has 0 bridgehead atoms. The van der Waals surface area contributed by atoms with Gasteiger partial charge in [0, 0.05) is 11.8 Å². The number of carbonyl (C=O) groups excluding carboxylic acids is 1. The van der Waals surface area contributed by atoms with Crippen molar-refractivity contribution in [3.63, 3.8) is 0 Å². The van der Waals surface area contributed by atoms with Crippen LogP contribution in [0.2, 0.25) is 0 Å². The second-order valence-electron chi connectivity index (χ2n) is 6.00. The maximum Gasteiger partial charge on any atom is 0.314 e. The van der Waals surface area contributed by atoms with Gasteiger partial charge in [0.25, 0.3) is 5.91 Å². The third kappa shape index (κ3) is 3.87. The van der Waals surface area contributed by atoms with Crippen molar-refractivity contribution in [1.29, 1.82) is 0 Å². The number of aryl methyl sites for hydroxylation is 1. The molecule has 1 aromatic carbocycles. The van der Waals surface area contributed by atoms with Crippen LogP contribution in [0.4, 0.5) is 5.82 Å². The average molecular weight is 340 g/mol. The van der Waals surface area contributed by atoms with Crippen molar-refractivity contribution < 1.29 is 14.7 Å². The number of carboxylic acid groups (broad SMARTS) is 1. The van der Waals surface area contributed by atoms with Crippen molar-refractivity contribution in [2.24, 2.45) is 0 Å². The Bertz CT molecular complexity index is 750. The summed E-state index contributed by atoms with van der Waals surface area (Å²) in [4.78, 5) is 27.9. The van der Waals surface area contributed by atoms with Crippen LogP contribution in [0.5, 0.6) is 0 Å². The summed E-state index contributed by atoms with van der Waals surface area (Å²) >= 11 is 0. The van der Waals surface area contributed by atoms with E-state index in [-0.39, 0.29) is 5.91 Å². The molecule has 2 aromatic rings. The molecule has 3 rings (SSSR count). The third-order valence-electron chi connectivity index (χ3n) is 4.45. The molecule has 1 fully saturated rings. The molecule has 0 saturated heterocycles. The van der Waals surface area contributed by atoms with Crippen molar-refractivity contribution >= 4 is 17.7 Å². The van der Waals surface area contributed by atoms with Gasteiger partial charge in [-0.05, 0) is 43.5 Å². The van der Waals surface area contributed by atoms with Crippen molar-refractivity contribution in [3.8, 4) is 0 Å². The van der Waals surface area contributed by atoms with E-state index in [2.05, 4.69) is 10.3 Å². The van der Waals surface area contributed by atoms with Gasteiger partial charge < -0.3 is 10.4 Å². The number of carboxylic acids is 1. The van der Waals surface area contributed by atoms with E-state index < -0.39 is 11.4 Å². The monoisotopic (exact) mass is 340 g/mol. The van der Waals surface area contributed by atoms with E-state index in [0.29, 0.717) is 29.8 Å². The highest BCUT2D eigenvalue weighted by molar-refractivity contribution is 6.03. The SMILES string of the molecule is CC.Cc1cccc(C(=O)Nc2ccc(C3(C(=O)O)CCC3)cn2)c1. The number of aliphatic carboxylic acids is 1. The summed E-state index contributed by atoms with van der Waals surface area (Å²) in [6, 6.07) is 10.7. The lowest BCUT2D eigenvalue weighted by atomic mass is 9.65. The van der Waals surface area contributed by atoms with Crippen molar-refractivity contribution in [3.05, 3.63) is 59.3 Å². The summed E-state index contributed by atoms with van der Waals surface area (Å²) in [6.07, 6.45) is 3.75. The molecule has 0 radical (unpaired) electrons. The van der Waals surface area contributed by atoms with E-state index >= 15 is 0 Å². The van der Waals surface area contributed by atoms with E-state index in [4.69, 9.17) is 0 Å². The highest BCUT2D eigenvalue weighted by atomic mass is 16.4. The molecule has 2 N–H and O–H groups in total. The van der Waals surface area contributed by atoms with Gasteiger partial charge in [-0.3, -0.25) is 9.59 Å². The number of carbonyl (C=O) groups is 2. The first kappa shape index (κ1) is 18.6. The Balaban J connectivity index is 0.00000109. The first-order valence-corrected chi connectivity index (χ1v) is 8.59. The van der Waals surface area contributed by atoms with E-state index in [1.54, 1.807) is 30.5 Å². The second-order valence-corrected chi connectivity index (χ2v) is 6.00. The average Bonchev–Trinajstić information content (AvgIpc) is 2.57. The molecule has 0 aliphatic heterocycles. The van der Waals surface area contributed by atoms with Crippen molar-refractivity contribution in [2.45, 2.75) is 45.4 Å². The maximum atomic E-state index is 12.2. The van der Waals surface area contributed by atoms with Gasteiger partial charge in [0.1, 0.15) is 5.82 Å².